The minimum absolute atomic E-state index is 0. The zero-order valence-electron chi connectivity index (χ0n) is 3.73. The van der Waals surface area contributed by atoms with Crippen molar-refractivity contribution >= 4 is 6.47 Å². The predicted molar refractivity (Wildman–Crippen MR) is 23.1 cm³/mol. The molecule has 0 aliphatic heterocycles. The van der Waals surface area contributed by atoms with Gasteiger partial charge in [-0.15, -0.1) is 0 Å². The van der Waals surface area contributed by atoms with Crippen molar-refractivity contribution in [3.8, 4) is 0 Å². The molecule has 0 bridgehead atoms. The molecular formula is CH10CuO6. The van der Waals surface area contributed by atoms with E-state index >= 15 is 0 Å². The van der Waals surface area contributed by atoms with Crippen LogP contribution in [0.3, 0.4) is 0 Å². The third kappa shape index (κ3) is 4680. The van der Waals surface area contributed by atoms with Crippen molar-refractivity contribution in [3.05, 3.63) is 0 Å². The first-order valence-corrected chi connectivity index (χ1v) is 0.494. The van der Waals surface area contributed by atoms with Crippen LogP contribution in [0.15, 0.2) is 0 Å². The molecular weight excluding hydrogens is 172 g/mol. The van der Waals surface area contributed by atoms with Crippen molar-refractivity contribution < 1.29 is 48.9 Å². The van der Waals surface area contributed by atoms with Crippen molar-refractivity contribution in [3.63, 3.8) is 0 Å². The van der Waals surface area contributed by atoms with Crippen LogP contribution < -0.4 is 0 Å². The van der Waals surface area contributed by atoms with Gasteiger partial charge in [-0.1, -0.05) is 0 Å². The third-order valence-corrected chi connectivity index (χ3v) is 0. The molecule has 0 saturated heterocycles. The first kappa shape index (κ1) is 109. The fraction of sp³-hybridized carbons (Fsp3) is 0. The molecule has 0 aromatic rings. The zero-order chi connectivity index (χ0) is 2.71. The Labute approximate surface area is 56.2 Å². The SMILES string of the molecule is O.O.O.O.O=CO.[Cu]. The first-order valence-electron chi connectivity index (χ1n) is 0.494. The Morgan fingerprint density at radius 2 is 1.00 bits per heavy atom. The molecule has 9 N–H and O–H groups in total. The van der Waals surface area contributed by atoms with Crippen LogP contribution in [0, 0.1) is 0 Å². The van der Waals surface area contributed by atoms with Crippen LogP contribution in [-0.4, -0.2) is 33.5 Å². The summed E-state index contributed by atoms with van der Waals surface area (Å²) in [5.41, 5.74) is 0. The van der Waals surface area contributed by atoms with Gasteiger partial charge in [0.2, 0.25) is 0 Å². The Morgan fingerprint density at radius 1 is 1.00 bits per heavy atom. The van der Waals surface area contributed by atoms with E-state index in [9.17, 15) is 0 Å². The van der Waals surface area contributed by atoms with Gasteiger partial charge in [-0.3, -0.25) is 4.79 Å². The Kier molecular flexibility index (Phi) is 4600. The molecule has 0 amide bonds. The molecule has 0 heterocycles. The summed E-state index contributed by atoms with van der Waals surface area (Å²) in [7, 11) is 0. The second-order valence-corrected chi connectivity index (χ2v) is 0.105. The van der Waals surface area contributed by atoms with Gasteiger partial charge in [-0.25, -0.2) is 0 Å². The van der Waals surface area contributed by atoms with Crippen molar-refractivity contribution in [2.75, 3.05) is 0 Å². The summed E-state index contributed by atoms with van der Waals surface area (Å²) in [6.45, 7) is -0.250. The van der Waals surface area contributed by atoms with Crippen LogP contribution in [0.4, 0.5) is 0 Å². The molecule has 0 aliphatic rings. The van der Waals surface area contributed by atoms with Gasteiger partial charge in [-0.05, 0) is 0 Å². The fourth-order valence-electron chi connectivity index (χ4n) is 0. The van der Waals surface area contributed by atoms with Crippen molar-refractivity contribution in [1.29, 1.82) is 0 Å². The first-order chi connectivity index (χ1) is 1.41. The van der Waals surface area contributed by atoms with Crippen LogP contribution in [0.1, 0.15) is 0 Å². The van der Waals surface area contributed by atoms with E-state index in [4.69, 9.17) is 9.90 Å². The molecule has 0 aliphatic carbocycles. The van der Waals surface area contributed by atoms with Crippen LogP contribution in [-0.2, 0) is 21.9 Å². The normalized spacial score (nSPS) is 1.50. The number of carbonyl (C=O) groups is 1. The minimum atomic E-state index is -0.250. The summed E-state index contributed by atoms with van der Waals surface area (Å²) in [6.07, 6.45) is 0. The van der Waals surface area contributed by atoms with E-state index in [0.29, 0.717) is 0 Å². The van der Waals surface area contributed by atoms with Gasteiger partial charge in [0.1, 0.15) is 0 Å². The maximum atomic E-state index is 8.36. The standard InChI is InChI=1S/CH2O2.Cu.4H2O/c2-1-3;;;;;/h1H,(H,2,3);;4*1H2. The van der Waals surface area contributed by atoms with E-state index in [1.54, 1.807) is 0 Å². The second kappa shape index (κ2) is 337. The topological polar surface area (TPSA) is 163 Å². The van der Waals surface area contributed by atoms with E-state index in [-0.39, 0.29) is 45.4 Å². The summed E-state index contributed by atoms with van der Waals surface area (Å²) >= 11 is 0. The van der Waals surface area contributed by atoms with Gasteiger partial charge in [0.05, 0.1) is 0 Å². The number of carboxylic acid groups (broad SMARTS) is 1. The molecule has 8 heavy (non-hydrogen) atoms. The average molecular weight is 182 g/mol. The van der Waals surface area contributed by atoms with Gasteiger partial charge < -0.3 is 27.0 Å². The van der Waals surface area contributed by atoms with Gasteiger partial charge >= 0.3 is 0 Å². The molecule has 0 rings (SSSR count). The van der Waals surface area contributed by atoms with Crippen LogP contribution in [0.2, 0.25) is 0 Å². The molecule has 0 aromatic carbocycles. The van der Waals surface area contributed by atoms with Crippen molar-refractivity contribution in [1.82, 2.24) is 0 Å². The largest absolute Gasteiger partial charge is 0.483 e. The molecule has 1 radical (unpaired) electrons. The van der Waals surface area contributed by atoms with Crippen LogP contribution in [0.25, 0.3) is 0 Å². The Bertz CT molecular complexity index is 16.0. The summed E-state index contributed by atoms with van der Waals surface area (Å²) in [6, 6.07) is 0. The molecule has 61 valence electrons. The van der Waals surface area contributed by atoms with Crippen molar-refractivity contribution in [2.45, 2.75) is 0 Å². The Morgan fingerprint density at radius 3 is 1.00 bits per heavy atom. The number of hydrogen-bond donors (Lipinski definition) is 1. The van der Waals surface area contributed by atoms with Gasteiger partial charge in [-0.2, -0.15) is 0 Å². The monoisotopic (exact) mass is 181 g/mol. The summed E-state index contributed by atoms with van der Waals surface area (Å²) in [5.74, 6) is 0. The van der Waals surface area contributed by atoms with E-state index < -0.39 is 0 Å². The summed E-state index contributed by atoms with van der Waals surface area (Å²) in [5, 5.41) is 6.89. The quantitative estimate of drug-likeness (QED) is 0.302. The maximum Gasteiger partial charge on any atom is 0.290 e. The molecule has 0 spiro atoms. The zero-order valence-corrected chi connectivity index (χ0v) is 4.68. The third-order valence-electron chi connectivity index (χ3n) is 0. The molecule has 6 nitrogen and oxygen atoms in total. The molecule has 0 atom stereocenters. The van der Waals surface area contributed by atoms with Crippen LogP contribution in [0.5, 0.6) is 0 Å². The van der Waals surface area contributed by atoms with E-state index in [1.165, 1.54) is 0 Å². The number of hydrogen-bond acceptors (Lipinski definition) is 1. The van der Waals surface area contributed by atoms with Crippen molar-refractivity contribution in [2.24, 2.45) is 0 Å². The van der Waals surface area contributed by atoms with Gasteiger partial charge in [0.15, 0.2) is 0 Å². The predicted octanol–water partition coefficient (Wildman–Crippen LogP) is -3.60. The molecule has 7 heteroatoms. The Balaban J connectivity index is -0.00000000200. The number of rotatable bonds is 0. The molecule has 0 fully saturated rings. The fourth-order valence-corrected chi connectivity index (χ4v) is 0. The van der Waals surface area contributed by atoms with E-state index in [1.807, 2.05) is 0 Å². The van der Waals surface area contributed by atoms with E-state index in [2.05, 4.69) is 0 Å². The second-order valence-electron chi connectivity index (χ2n) is 0.105. The van der Waals surface area contributed by atoms with E-state index in [0.717, 1.165) is 0 Å². The molecule has 0 unspecified atom stereocenters. The van der Waals surface area contributed by atoms with Gasteiger partial charge in [0.25, 0.3) is 6.47 Å². The Hall–Kier alpha value is -0.171. The summed E-state index contributed by atoms with van der Waals surface area (Å²) < 4.78 is 0. The summed E-state index contributed by atoms with van der Waals surface area (Å²) in [4.78, 5) is 8.36. The molecule has 0 saturated carbocycles. The van der Waals surface area contributed by atoms with Crippen LogP contribution >= 0.6 is 0 Å². The van der Waals surface area contributed by atoms with Gasteiger partial charge in [0, 0.05) is 17.1 Å². The smallest absolute Gasteiger partial charge is 0.290 e. The average Bonchev–Trinajstić information content (AvgIpc) is 0.918. The minimum Gasteiger partial charge on any atom is -0.483 e. The molecule has 0 aromatic heterocycles. The maximum absolute atomic E-state index is 8.36.